The summed E-state index contributed by atoms with van der Waals surface area (Å²) < 4.78 is 108. The number of halogens is 8. The molecule has 0 spiro atoms. The van der Waals surface area contributed by atoms with Crippen molar-refractivity contribution in [1.29, 1.82) is 0 Å². The molecule has 0 aliphatic carbocycles. The summed E-state index contributed by atoms with van der Waals surface area (Å²) in [5.74, 6) is -2.13. The van der Waals surface area contributed by atoms with E-state index in [4.69, 9.17) is 5.73 Å². The van der Waals surface area contributed by atoms with Gasteiger partial charge in [0.2, 0.25) is 0 Å². The molecule has 1 aliphatic heterocycles. The Hall–Kier alpha value is -4.47. The average molecular weight is 614 g/mol. The highest BCUT2D eigenvalue weighted by Crippen LogP contribution is 2.38. The van der Waals surface area contributed by atoms with Gasteiger partial charge in [0.25, 0.3) is 0 Å². The number of piperidine rings is 1. The van der Waals surface area contributed by atoms with Crippen molar-refractivity contribution in [2.75, 3.05) is 36.0 Å². The van der Waals surface area contributed by atoms with Gasteiger partial charge in [-0.3, -0.25) is 4.90 Å². The molecule has 228 valence electrons. The molecule has 2 amide bonds. The predicted octanol–water partition coefficient (Wildman–Crippen LogP) is 6.66. The number of aromatic nitrogens is 3. The molecule has 2 aromatic heterocycles. The predicted molar refractivity (Wildman–Crippen MR) is 141 cm³/mol. The first-order valence-corrected chi connectivity index (χ1v) is 12.9. The normalized spacial score (nSPS) is 15.2. The van der Waals surface area contributed by atoms with E-state index in [1.165, 1.54) is 27.9 Å². The van der Waals surface area contributed by atoms with Crippen LogP contribution in [0.25, 0.3) is 16.6 Å². The Morgan fingerprint density at radius 2 is 1.63 bits per heavy atom. The number of nitrogens with one attached hydrogen (secondary N) is 2. The number of hydrogen-bond donors (Lipinski definition) is 3. The SMILES string of the molecule is Nc1ncnn2c(C3CCN(CC(F)(F)F)CC3)cc(-c3ccc(NC(=O)Nc4cc(C(F)(F)F)ccc4F)c(F)c3)c12. The smallest absolute Gasteiger partial charge is 0.382 e. The van der Waals surface area contributed by atoms with Gasteiger partial charge in [-0.15, -0.1) is 0 Å². The fourth-order valence-electron chi connectivity index (χ4n) is 5.10. The van der Waals surface area contributed by atoms with Crippen molar-refractivity contribution in [2.24, 2.45) is 0 Å². The number of nitrogens with zero attached hydrogens (tertiary/aromatic N) is 4. The average Bonchev–Trinajstić information content (AvgIpc) is 3.31. The minimum absolute atomic E-state index is 0.0795. The Morgan fingerprint density at radius 3 is 2.28 bits per heavy atom. The van der Waals surface area contributed by atoms with E-state index in [0.29, 0.717) is 53.4 Å². The van der Waals surface area contributed by atoms with Crippen LogP contribution in [0.2, 0.25) is 0 Å². The zero-order chi connectivity index (χ0) is 31.1. The standard InChI is InChI=1S/C27H23F8N7O/c28-18-3-2-16(27(33,34)35)10-21(18)40-25(43)39-20-4-1-15(9-19(20)29)17-11-22(42-23(17)24(36)37-13-38-42)14-5-7-41(8-6-14)12-26(30,31)32/h1-4,9-11,13-14H,5-8,12H2,(H2,36,37,38)(H2,39,40,43). The second-order valence-electron chi connectivity index (χ2n) is 10.0. The maximum Gasteiger partial charge on any atom is 0.416 e. The minimum Gasteiger partial charge on any atom is -0.382 e. The van der Waals surface area contributed by atoms with Crippen LogP contribution in [0.5, 0.6) is 0 Å². The molecule has 0 unspecified atom stereocenters. The quantitative estimate of drug-likeness (QED) is 0.219. The number of nitrogen functional groups attached to an aromatic ring is 1. The van der Waals surface area contributed by atoms with Crippen molar-refractivity contribution >= 4 is 28.7 Å². The third kappa shape index (κ3) is 6.63. The van der Waals surface area contributed by atoms with E-state index in [0.717, 1.165) is 6.07 Å². The number of anilines is 3. The van der Waals surface area contributed by atoms with Crippen LogP contribution in [-0.4, -0.2) is 51.3 Å². The van der Waals surface area contributed by atoms with Crippen LogP contribution < -0.4 is 16.4 Å². The lowest BCUT2D eigenvalue weighted by Gasteiger charge is -2.32. The van der Waals surface area contributed by atoms with Gasteiger partial charge in [0.15, 0.2) is 5.82 Å². The highest BCUT2D eigenvalue weighted by atomic mass is 19.4. The van der Waals surface area contributed by atoms with Crippen LogP contribution in [-0.2, 0) is 6.18 Å². The number of carbonyl (C=O) groups excluding carboxylic acids is 1. The molecule has 3 heterocycles. The van der Waals surface area contributed by atoms with Gasteiger partial charge in [0.05, 0.1) is 23.5 Å². The fraction of sp³-hybridized carbons (Fsp3) is 0.296. The summed E-state index contributed by atoms with van der Waals surface area (Å²) in [6.07, 6.45) is -7.00. The monoisotopic (exact) mass is 613 g/mol. The Labute approximate surface area is 238 Å². The van der Waals surface area contributed by atoms with Gasteiger partial charge in [-0.25, -0.2) is 23.1 Å². The largest absolute Gasteiger partial charge is 0.416 e. The molecule has 0 bridgehead atoms. The molecule has 1 saturated heterocycles. The maximum atomic E-state index is 15.1. The zero-order valence-electron chi connectivity index (χ0n) is 22.0. The van der Waals surface area contributed by atoms with E-state index in [2.05, 4.69) is 15.4 Å². The van der Waals surface area contributed by atoms with E-state index in [1.54, 1.807) is 6.07 Å². The summed E-state index contributed by atoms with van der Waals surface area (Å²) in [6, 6.07) is 5.74. The number of likely N-dealkylation sites (tertiary alicyclic amines) is 1. The van der Waals surface area contributed by atoms with Gasteiger partial charge in [-0.05, 0) is 67.9 Å². The van der Waals surface area contributed by atoms with Crippen LogP contribution >= 0.6 is 0 Å². The van der Waals surface area contributed by atoms with Gasteiger partial charge in [-0.2, -0.15) is 31.4 Å². The molecule has 5 rings (SSSR count). The van der Waals surface area contributed by atoms with E-state index in [9.17, 15) is 35.5 Å². The third-order valence-corrected chi connectivity index (χ3v) is 7.09. The van der Waals surface area contributed by atoms with Gasteiger partial charge in [0.1, 0.15) is 23.5 Å². The molecule has 8 nitrogen and oxygen atoms in total. The van der Waals surface area contributed by atoms with Crippen molar-refractivity contribution in [3.05, 3.63) is 71.7 Å². The molecule has 1 aliphatic rings. The van der Waals surface area contributed by atoms with Crippen molar-refractivity contribution in [1.82, 2.24) is 19.5 Å². The number of amides is 2. The number of nitrogens with two attached hydrogens (primary N) is 1. The van der Waals surface area contributed by atoms with Crippen LogP contribution in [0.3, 0.4) is 0 Å². The number of carbonyl (C=O) groups is 1. The van der Waals surface area contributed by atoms with Crippen molar-refractivity contribution in [3.63, 3.8) is 0 Å². The van der Waals surface area contributed by atoms with Crippen molar-refractivity contribution in [3.8, 4) is 11.1 Å². The van der Waals surface area contributed by atoms with E-state index < -0.39 is 47.8 Å². The van der Waals surface area contributed by atoms with Crippen molar-refractivity contribution in [2.45, 2.75) is 31.1 Å². The summed E-state index contributed by atoms with van der Waals surface area (Å²) in [5.41, 5.74) is 5.60. The van der Waals surface area contributed by atoms with Crippen LogP contribution in [0.15, 0.2) is 48.8 Å². The van der Waals surface area contributed by atoms with Crippen LogP contribution in [0, 0.1) is 11.6 Å². The van der Waals surface area contributed by atoms with Gasteiger partial charge in [-0.1, -0.05) is 6.07 Å². The van der Waals surface area contributed by atoms with Crippen LogP contribution in [0.4, 0.5) is 57.1 Å². The molecule has 4 N–H and O–H groups in total. The first-order chi connectivity index (χ1) is 20.2. The third-order valence-electron chi connectivity index (χ3n) is 7.09. The second-order valence-corrected chi connectivity index (χ2v) is 10.0. The van der Waals surface area contributed by atoms with E-state index in [1.807, 2.05) is 5.32 Å². The number of rotatable bonds is 5. The molecule has 0 atom stereocenters. The van der Waals surface area contributed by atoms with E-state index >= 15 is 4.39 Å². The molecule has 16 heteroatoms. The lowest BCUT2D eigenvalue weighted by Crippen LogP contribution is -2.39. The number of fused-ring (bicyclic) bond motifs is 1. The molecule has 0 saturated carbocycles. The van der Waals surface area contributed by atoms with Gasteiger partial charge in [0, 0.05) is 17.2 Å². The highest BCUT2D eigenvalue weighted by molar-refractivity contribution is 6.00. The molecule has 43 heavy (non-hydrogen) atoms. The molecule has 1 fully saturated rings. The summed E-state index contributed by atoms with van der Waals surface area (Å²) in [4.78, 5) is 17.7. The summed E-state index contributed by atoms with van der Waals surface area (Å²) >= 11 is 0. The number of benzene rings is 2. The fourth-order valence-corrected chi connectivity index (χ4v) is 5.10. The zero-order valence-corrected chi connectivity index (χ0v) is 22.0. The Balaban J connectivity index is 1.37. The summed E-state index contributed by atoms with van der Waals surface area (Å²) in [7, 11) is 0. The highest BCUT2D eigenvalue weighted by Gasteiger charge is 2.34. The first-order valence-electron chi connectivity index (χ1n) is 12.9. The van der Waals surface area contributed by atoms with Gasteiger partial charge >= 0.3 is 18.4 Å². The van der Waals surface area contributed by atoms with E-state index in [-0.39, 0.29) is 30.5 Å². The molecular weight excluding hydrogens is 590 g/mol. The van der Waals surface area contributed by atoms with Crippen molar-refractivity contribution < 1.29 is 39.9 Å². The minimum atomic E-state index is -4.77. The molecular formula is C27H23F8N7O. The second kappa shape index (κ2) is 11.3. The molecule has 0 radical (unpaired) electrons. The lowest BCUT2D eigenvalue weighted by atomic mass is 9.93. The summed E-state index contributed by atoms with van der Waals surface area (Å²) in [5, 5.41) is 8.34. The lowest BCUT2D eigenvalue weighted by molar-refractivity contribution is -0.148. The maximum absolute atomic E-state index is 15.1. The van der Waals surface area contributed by atoms with Crippen LogP contribution in [0.1, 0.15) is 30.0 Å². The Kier molecular flexibility index (Phi) is 7.89. The van der Waals surface area contributed by atoms with Gasteiger partial charge < -0.3 is 16.4 Å². The molecule has 4 aromatic rings. The number of hydrogen-bond acceptors (Lipinski definition) is 5. The number of alkyl halides is 6. The topological polar surface area (TPSA) is 101 Å². The Morgan fingerprint density at radius 1 is 0.930 bits per heavy atom. The Bertz CT molecular complexity index is 1660. The first kappa shape index (κ1) is 30.0. The molecule has 2 aromatic carbocycles. The number of urea groups is 1. The summed E-state index contributed by atoms with van der Waals surface area (Å²) in [6.45, 7) is -0.564.